The van der Waals surface area contributed by atoms with Crippen molar-refractivity contribution in [3.05, 3.63) is 51.5 Å². The van der Waals surface area contributed by atoms with Crippen molar-refractivity contribution in [3.63, 3.8) is 0 Å². The van der Waals surface area contributed by atoms with E-state index in [2.05, 4.69) is 15.0 Å². The second-order valence-corrected chi connectivity index (χ2v) is 8.64. The van der Waals surface area contributed by atoms with E-state index in [9.17, 15) is 22.8 Å². The molecule has 2 aromatic heterocycles. The number of rotatable bonds is 6. The largest absolute Gasteiger partial charge is 0.435 e. The Kier molecular flexibility index (Phi) is 7.10. The molecule has 0 aromatic carbocycles. The molecule has 0 bridgehead atoms. The summed E-state index contributed by atoms with van der Waals surface area (Å²) in [5, 5.41) is 0. The van der Waals surface area contributed by atoms with Gasteiger partial charge in [0, 0.05) is 69.2 Å². The van der Waals surface area contributed by atoms with Gasteiger partial charge in [-0.15, -0.1) is 0 Å². The first-order valence-corrected chi connectivity index (χ1v) is 11.6. The van der Waals surface area contributed by atoms with Gasteiger partial charge in [0.05, 0.1) is 5.69 Å². The maximum absolute atomic E-state index is 13.8. The number of carbonyl (C=O) groups is 1. The van der Waals surface area contributed by atoms with Gasteiger partial charge in [0.25, 0.3) is 5.56 Å². The van der Waals surface area contributed by atoms with Crippen LogP contribution in [0.3, 0.4) is 0 Å². The number of pyridine rings is 1. The van der Waals surface area contributed by atoms with Crippen LogP contribution in [0.1, 0.15) is 36.8 Å². The summed E-state index contributed by atoms with van der Waals surface area (Å²) in [5.74, 6) is 0.192. The number of piperazine rings is 1. The summed E-state index contributed by atoms with van der Waals surface area (Å²) in [4.78, 5) is 39.6. The van der Waals surface area contributed by atoms with Gasteiger partial charge in [-0.2, -0.15) is 13.2 Å². The Bertz CT molecular complexity index is 1170. The van der Waals surface area contributed by atoms with E-state index < -0.39 is 11.9 Å². The number of aromatic nitrogens is 3. The number of H-pyrrole nitrogens is 1. The first-order chi connectivity index (χ1) is 16.7. The van der Waals surface area contributed by atoms with Crippen LogP contribution in [-0.2, 0) is 17.4 Å². The third-order valence-corrected chi connectivity index (χ3v) is 6.19. The maximum Gasteiger partial charge on any atom is 0.435 e. The summed E-state index contributed by atoms with van der Waals surface area (Å²) in [7, 11) is 0. The van der Waals surface area contributed by atoms with Crippen molar-refractivity contribution in [2.24, 2.45) is 5.73 Å². The zero-order chi connectivity index (χ0) is 25.2. The quantitative estimate of drug-likeness (QED) is 0.636. The number of nitrogens with zero attached hydrogens (tertiary/aromatic N) is 5. The molecule has 4 rings (SSSR count). The van der Waals surface area contributed by atoms with E-state index in [0.29, 0.717) is 75.6 Å². The average molecular weight is 492 g/mol. The molecule has 35 heavy (non-hydrogen) atoms. The van der Waals surface area contributed by atoms with Gasteiger partial charge in [0.2, 0.25) is 5.91 Å². The van der Waals surface area contributed by atoms with E-state index in [0.717, 1.165) is 0 Å². The molecular weight excluding hydrogens is 463 g/mol. The topological polar surface area (TPSA) is 111 Å². The highest BCUT2D eigenvalue weighted by atomic mass is 19.4. The molecule has 2 fully saturated rings. The van der Waals surface area contributed by atoms with E-state index in [1.165, 1.54) is 23.2 Å². The van der Waals surface area contributed by atoms with Gasteiger partial charge in [-0.25, -0.2) is 9.97 Å². The minimum Gasteiger partial charge on any atom is -0.401 e. The van der Waals surface area contributed by atoms with Gasteiger partial charge in [-0.05, 0) is 25.0 Å². The molecule has 1 amide bonds. The number of carbonyl (C=O) groups excluding carboxylic acids is 1. The van der Waals surface area contributed by atoms with Gasteiger partial charge in [0.1, 0.15) is 11.6 Å². The van der Waals surface area contributed by atoms with E-state index in [1.807, 2.05) is 11.8 Å². The Balaban J connectivity index is 1.43. The van der Waals surface area contributed by atoms with Gasteiger partial charge >= 0.3 is 6.18 Å². The Morgan fingerprint density at radius 1 is 1.17 bits per heavy atom. The van der Waals surface area contributed by atoms with Crippen molar-refractivity contribution in [2.45, 2.75) is 32.4 Å². The molecule has 2 aromatic rings. The molecular formula is C23H28F3N7O2. The fraction of sp³-hybridized carbons (Fsp3) is 0.478. The minimum absolute atomic E-state index is 0.00819. The van der Waals surface area contributed by atoms with E-state index in [4.69, 9.17) is 5.73 Å². The Hall–Kier alpha value is -3.41. The number of aryl methyl sites for hydroxylation is 1. The van der Waals surface area contributed by atoms with Crippen molar-refractivity contribution in [1.82, 2.24) is 19.9 Å². The van der Waals surface area contributed by atoms with E-state index >= 15 is 0 Å². The molecule has 0 spiro atoms. The number of alkyl halides is 3. The van der Waals surface area contributed by atoms with Crippen molar-refractivity contribution < 1.29 is 18.0 Å². The van der Waals surface area contributed by atoms with E-state index in [1.54, 1.807) is 11.0 Å². The van der Waals surface area contributed by atoms with Gasteiger partial charge in [-0.1, -0.05) is 6.92 Å². The molecule has 4 heterocycles. The molecule has 188 valence electrons. The molecule has 2 aliphatic rings. The van der Waals surface area contributed by atoms with Gasteiger partial charge in [0.15, 0.2) is 5.69 Å². The van der Waals surface area contributed by atoms with Crippen LogP contribution < -0.4 is 21.1 Å². The maximum atomic E-state index is 13.8. The predicted molar refractivity (Wildman–Crippen MR) is 126 cm³/mol. The fourth-order valence-electron chi connectivity index (χ4n) is 4.33. The number of nitrogens with two attached hydrogens (primary N) is 1. The summed E-state index contributed by atoms with van der Waals surface area (Å²) in [6, 6.07) is 2.89. The highest BCUT2D eigenvalue weighted by Crippen LogP contribution is 2.37. The van der Waals surface area contributed by atoms with Crippen LogP contribution in [0.2, 0.25) is 0 Å². The van der Waals surface area contributed by atoms with Crippen LogP contribution in [0.15, 0.2) is 28.8 Å². The van der Waals surface area contributed by atoms with Crippen molar-refractivity contribution in [3.8, 4) is 0 Å². The highest BCUT2D eigenvalue weighted by Gasteiger charge is 2.39. The second-order valence-electron chi connectivity index (χ2n) is 8.64. The lowest BCUT2D eigenvalue weighted by molar-refractivity contribution is -0.140. The first-order valence-electron chi connectivity index (χ1n) is 11.6. The molecule has 9 nitrogen and oxygen atoms in total. The second kappa shape index (κ2) is 10.1. The Morgan fingerprint density at radius 2 is 1.91 bits per heavy atom. The average Bonchev–Trinajstić information content (AvgIpc) is 3.24. The number of amides is 1. The molecule has 0 saturated carbocycles. The fourth-order valence-corrected chi connectivity index (χ4v) is 4.33. The lowest BCUT2D eigenvalue weighted by Gasteiger charge is -2.37. The van der Waals surface area contributed by atoms with Crippen LogP contribution in [-0.4, -0.2) is 65.0 Å². The van der Waals surface area contributed by atoms with Gasteiger partial charge < -0.3 is 15.6 Å². The number of nitrogens with one attached hydrogen (secondary N) is 1. The third kappa shape index (κ3) is 5.64. The summed E-state index contributed by atoms with van der Waals surface area (Å²) in [6.07, 6.45) is -0.0164. The normalized spacial score (nSPS) is 17.9. The zero-order valence-corrected chi connectivity index (χ0v) is 19.4. The lowest BCUT2D eigenvalue weighted by atomic mass is 10.2. The van der Waals surface area contributed by atoms with Crippen molar-refractivity contribution in [1.29, 1.82) is 0 Å². The molecule has 0 radical (unpaired) electrons. The minimum atomic E-state index is -4.64. The highest BCUT2D eigenvalue weighted by molar-refractivity contribution is 5.94. The van der Waals surface area contributed by atoms with Crippen molar-refractivity contribution >= 4 is 23.5 Å². The number of anilines is 2. The van der Waals surface area contributed by atoms with E-state index in [-0.39, 0.29) is 23.0 Å². The third-order valence-electron chi connectivity index (χ3n) is 6.19. The molecule has 3 N–H and O–H groups in total. The SMILES string of the molecule is CCc1cnc(/C=C(\N)CN2CCN(c3ccc(N4CCCC4=O)nc3C(F)(F)F)CC2)[nH]c1=O. The summed E-state index contributed by atoms with van der Waals surface area (Å²) < 4.78 is 41.5. The standard InChI is InChI=1S/C23H28F3N7O2/c1-2-15-13-28-18(29-22(15)35)12-16(27)14-31-8-10-32(11-9-31)17-5-6-19(30-21(17)23(24,25)26)33-7-3-4-20(33)34/h5-6,12-13H,2-4,7-11,14,27H2,1H3,(H,28,29,35)/b16-12-. The summed E-state index contributed by atoms with van der Waals surface area (Å²) >= 11 is 0. The number of hydrogen-bond acceptors (Lipinski definition) is 7. The van der Waals surface area contributed by atoms with Crippen LogP contribution in [0.25, 0.3) is 6.08 Å². The lowest BCUT2D eigenvalue weighted by Crippen LogP contribution is -2.48. The van der Waals surface area contributed by atoms with Crippen LogP contribution in [0.4, 0.5) is 24.7 Å². The van der Waals surface area contributed by atoms with Gasteiger partial charge in [-0.3, -0.25) is 19.4 Å². The number of halogens is 3. The Morgan fingerprint density at radius 3 is 2.51 bits per heavy atom. The number of hydrogen-bond donors (Lipinski definition) is 2. The monoisotopic (exact) mass is 491 g/mol. The predicted octanol–water partition coefficient (Wildman–Crippen LogP) is 1.99. The molecule has 0 unspecified atom stereocenters. The summed E-state index contributed by atoms with van der Waals surface area (Å²) in [6.45, 7) is 4.36. The zero-order valence-electron chi connectivity index (χ0n) is 19.4. The Labute approximate surface area is 200 Å². The molecule has 2 aliphatic heterocycles. The van der Waals surface area contributed by atoms with Crippen molar-refractivity contribution in [2.75, 3.05) is 49.1 Å². The molecule has 12 heteroatoms. The van der Waals surface area contributed by atoms with Crippen LogP contribution in [0, 0.1) is 0 Å². The van der Waals surface area contributed by atoms with Crippen LogP contribution in [0.5, 0.6) is 0 Å². The smallest absolute Gasteiger partial charge is 0.401 e. The number of aromatic amines is 1. The first kappa shape index (κ1) is 24.7. The molecule has 0 atom stereocenters. The molecule has 2 saturated heterocycles. The molecule has 0 aliphatic carbocycles. The van der Waals surface area contributed by atoms with Crippen LogP contribution >= 0.6 is 0 Å². The summed E-state index contributed by atoms with van der Waals surface area (Å²) in [5.41, 5.74) is 6.03.